The van der Waals surface area contributed by atoms with Crippen molar-refractivity contribution >= 4 is 39.6 Å². The summed E-state index contributed by atoms with van der Waals surface area (Å²) < 4.78 is 27.1. The highest BCUT2D eigenvalue weighted by molar-refractivity contribution is 7.89. The summed E-state index contributed by atoms with van der Waals surface area (Å²) in [5.74, 6) is -2.81. The van der Waals surface area contributed by atoms with Crippen molar-refractivity contribution in [3.63, 3.8) is 0 Å². The molecular formula is C26H46N6O7S. The summed E-state index contributed by atoms with van der Waals surface area (Å²) in [6, 6.07) is -2.51. The fourth-order valence-electron chi connectivity index (χ4n) is 5.20. The Morgan fingerprint density at radius 1 is 1.00 bits per heavy atom. The molecular weight excluding hydrogens is 540 g/mol. The monoisotopic (exact) mass is 586 g/mol. The van der Waals surface area contributed by atoms with Crippen LogP contribution in [0.4, 0.5) is 4.79 Å². The predicted octanol–water partition coefficient (Wildman–Crippen LogP) is 0.155. The smallest absolute Gasteiger partial charge is 0.315 e. The molecule has 1 aliphatic carbocycles. The van der Waals surface area contributed by atoms with Crippen LogP contribution in [-0.4, -0.2) is 92.9 Å². The zero-order valence-corrected chi connectivity index (χ0v) is 25.2. The molecule has 14 heteroatoms. The minimum absolute atomic E-state index is 0.262. The van der Waals surface area contributed by atoms with Crippen molar-refractivity contribution in [3.05, 3.63) is 0 Å². The molecule has 40 heavy (non-hydrogen) atoms. The summed E-state index contributed by atoms with van der Waals surface area (Å²) in [6.45, 7) is 7.38. The van der Waals surface area contributed by atoms with Crippen molar-refractivity contribution in [1.82, 2.24) is 30.9 Å². The van der Waals surface area contributed by atoms with E-state index in [1.54, 1.807) is 20.8 Å². The highest BCUT2D eigenvalue weighted by Crippen LogP contribution is 2.30. The van der Waals surface area contributed by atoms with Crippen molar-refractivity contribution in [2.45, 2.75) is 96.7 Å². The summed E-state index contributed by atoms with van der Waals surface area (Å²) in [5, 5.41) is 10.6. The standard InChI is InChI=1S/C26H46N6O7S/c1-6-14-28-22(35)19(33)16-29-21(34)18-11-10-15-32(18)23(36)20(25(2,3)4)30-24(37)31-26(12-8-7-9-13-26)17-40(38,39)27-5/h18,20,27H,6-17H2,1-5H3,(H,28,35)(H,29,34)(H2,30,31,37)/t18-,20+/m0/s1. The van der Waals surface area contributed by atoms with Gasteiger partial charge in [0.1, 0.15) is 12.1 Å². The second-order valence-corrected chi connectivity index (χ2v) is 13.7. The molecule has 1 aliphatic heterocycles. The lowest BCUT2D eigenvalue weighted by Crippen LogP contribution is -2.63. The van der Waals surface area contributed by atoms with Crippen molar-refractivity contribution in [2.75, 3.05) is 32.4 Å². The van der Waals surface area contributed by atoms with E-state index in [0.29, 0.717) is 45.2 Å². The fraction of sp³-hybridized carbons (Fsp3) is 0.808. The van der Waals surface area contributed by atoms with E-state index >= 15 is 0 Å². The Hall–Kier alpha value is -2.74. The van der Waals surface area contributed by atoms with Gasteiger partial charge in [0.2, 0.25) is 27.6 Å². The number of hydrogen-bond acceptors (Lipinski definition) is 7. The van der Waals surface area contributed by atoms with Crippen molar-refractivity contribution in [2.24, 2.45) is 5.41 Å². The third-order valence-corrected chi connectivity index (χ3v) is 8.96. The third-order valence-electron chi connectivity index (χ3n) is 7.41. The van der Waals surface area contributed by atoms with Gasteiger partial charge < -0.3 is 26.2 Å². The Labute approximate surface area is 237 Å². The van der Waals surface area contributed by atoms with Crippen LogP contribution in [0, 0.1) is 5.41 Å². The first-order chi connectivity index (χ1) is 18.6. The minimum atomic E-state index is -3.61. The van der Waals surface area contributed by atoms with E-state index in [1.807, 2.05) is 6.92 Å². The van der Waals surface area contributed by atoms with Crippen molar-refractivity contribution in [1.29, 1.82) is 0 Å². The molecule has 0 bridgehead atoms. The van der Waals surface area contributed by atoms with E-state index in [4.69, 9.17) is 0 Å². The third kappa shape index (κ3) is 9.43. The number of likely N-dealkylation sites (tertiary alicyclic amines) is 1. The molecule has 0 unspecified atom stereocenters. The van der Waals surface area contributed by atoms with E-state index in [1.165, 1.54) is 11.9 Å². The fourth-order valence-corrected chi connectivity index (χ4v) is 6.43. The van der Waals surface area contributed by atoms with E-state index < -0.39 is 69.1 Å². The zero-order chi connectivity index (χ0) is 30.1. The largest absolute Gasteiger partial charge is 0.349 e. The van der Waals surface area contributed by atoms with E-state index in [9.17, 15) is 32.4 Å². The number of carbonyl (C=O) groups is 5. The number of urea groups is 1. The molecule has 0 radical (unpaired) electrons. The van der Waals surface area contributed by atoms with E-state index in [2.05, 4.69) is 26.0 Å². The number of carbonyl (C=O) groups excluding carboxylic acids is 5. The maximum atomic E-state index is 13.7. The molecule has 0 aromatic rings. The molecule has 0 aromatic carbocycles. The lowest BCUT2D eigenvalue weighted by Gasteiger charge is -2.40. The molecule has 13 nitrogen and oxygen atoms in total. The Morgan fingerprint density at radius 3 is 2.23 bits per heavy atom. The van der Waals surface area contributed by atoms with Gasteiger partial charge in [-0.1, -0.05) is 47.0 Å². The Balaban J connectivity index is 2.12. The number of sulfonamides is 1. The SMILES string of the molecule is CCCNC(=O)C(=O)CNC(=O)[C@@H]1CCCN1C(=O)[C@@H](NC(=O)NC1(CS(=O)(=O)NC)CCCCC1)C(C)(C)C. The van der Waals surface area contributed by atoms with Crippen LogP contribution >= 0.6 is 0 Å². The molecule has 1 saturated carbocycles. The lowest BCUT2D eigenvalue weighted by atomic mass is 9.83. The van der Waals surface area contributed by atoms with Crippen LogP contribution in [0.1, 0.15) is 79.1 Å². The molecule has 0 spiro atoms. The Morgan fingerprint density at radius 2 is 1.65 bits per heavy atom. The number of rotatable bonds is 12. The van der Waals surface area contributed by atoms with Crippen LogP contribution in [0.2, 0.25) is 0 Å². The summed E-state index contributed by atoms with van der Waals surface area (Å²) >= 11 is 0. The molecule has 1 saturated heterocycles. The van der Waals surface area contributed by atoms with E-state index in [0.717, 1.165) is 19.3 Å². The van der Waals surface area contributed by atoms with Gasteiger partial charge in [-0.25, -0.2) is 17.9 Å². The number of Topliss-reactive ketones (excluding diaryl/α,β-unsaturated/α-hetero) is 1. The number of amides is 5. The van der Waals surface area contributed by atoms with Gasteiger partial charge in [-0.3, -0.25) is 19.2 Å². The number of nitrogens with one attached hydrogen (secondary N) is 5. The van der Waals surface area contributed by atoms with Gasteiger partial charge in [0, 0.05) is 13.1 Å². The van der Waals surface area contributed by atoms with Gasteiger partial charge in [0.05, 0.1) is 17.8 Å². The zero-order valence-electron chi connectivity index (χ0n) is 24.4. The molecule has 2 fully saturated rings. The number of nitrogens with zero attached hydrogens (tertiary/aromatic N) is 1. The lowest BCUT2D eigenvalue weighted by molar-refractivity contribution is -0.142. The Bertz CT molecular complexity index is 1050. The number of hydrogen-bond donors (Lipinski definition) is 5. The van der Waals surface area contributed by atoms with Gasteiger partial charge in [-0.2, -0.15) is 0 Å². The molecule has 2 rings (SSSR count). The second kappa shape index (κ2) is 14.2. The van der Waals surface area contributed by atoms with E-state index in [-0.39, 0.29) is 5.75 Å². The molecule has 5 amide bonds. The maximum absolute atomic E-state index is 13.7. The van der Waals surface area contributed by atoms with Crippen LogP contribution in [0.25, 0.3) is 0 Å². The maximum Gasteiger partial charge on any atom is 0.315 e. The topological polar surface area (TPSA) is 183 Å². The molecule has 2 atom stereocenters. The Kier molecular flexibility index (Phi) is 11.9. The summed E-state index contributed by atoms with van der Waals surface area (Å²) in [5.41, 5.74) is -1.69. The highest BCUT2D eigenvalue weighted by atomic mass is 32.2. The molecule has 228 valence electrons. The predicted molar refractivity (Wildman–Crippen MR) is 150 cm³/mol. The normalized spacial score (nSPS) is 19.8. The summed E-state index contributed by atoms with van der Waals surface area (Å²) in [6.07, 6.45) is 5.09. The van der Waals surface area contributed by atoms with Gasteiger partial charge in [-0.05, 0) is 44.6 Å². The van der Waals surface area contributed by atoms with Crippen LogP contribution in [0.5, 0.6) is 0 Å². The van der Waals surface area contributed by atoms with Gasteiger partial charge >= 0.3 is 6.03 Å². The summed E-state index contributed by atoms with van der Waals surface area (Å²) in [7, 11) is -2.28. The van der Waals surface area contributed by atoms with Crippen LogP contribution < -0.4 is 26.0 Å². The summed E-state index contributed by atoms with van der Waals surface area (Å²) in [4.78, 5) is 65.1. The average molecular weight is 587 g/mol. The molecule has 5 N–H and O–H groups in total. The molecule has 1 heterocycles. The van der Waals surface area contributed by atoms with Gasteiger partial charge in [0.15, 0.2) is 0 Å². The van der Waals surface area contributed by atoms with Crippen LogP contribution in [0.15, 0.2) is 0 Å². The highest BCUT2D eigenvalue weighted by Gasteiger charge is 2.43. The second-order valence-electron chi connectivity index (χ2n) is 11.8. The number of ketones is 1. The van der Waals surface area contributed by atoms with Gasteiger partial charge in [-0.15, -0.1) is 0 Å². The quantitative estimate of drug-likeness (QED) is 0.202. The average Bonchev–Trinajstić information content (AvgIpc) is 3.38. The minimum Gasteiger partial charge on any atom is -0.349 e. The first-order valence-corrected chi connectivity index (χ1v) is 15.7. The first kappa shape index (κ1) is 33.5. The van der Waals surface area contributed by atoms with Crippen LogP contribution in [-0.2, 0) is 29.2 Å². The van der Waals surface area contributed by atoms with Gasteiger partial charge in [0.25, 0.3) is 5.91 Å². The molecule has 0 aromatic heterocycles. The van der Waals surface area contributed by atoms with Crippen molar-refractivity contribution in [3.8, 4) is 0 Å². The molecule has 2 aliphatic rings. The first-order valence-electron chi connectivity index (χ1n) is 14.0. The van der Waals surface area contributed by atoms with Crippen molar-refractivity contribution < 1.29 is 32.4 Å². The van der Waals surface area contributed by atoms with Crippen LogP contribution in [0.3, 0.4) is 0 Å².